The fourth-order valence-electron chi connectivity index (χ4n) is 3.55. The number of benzene rings is 1. The molecule has 1 rings (SSSR count). The molecule has 1 aromatic rings. The van der Waals surface area contributed by atoms with Crippen LogP contribution in [-0.2, 0) is 0 Å². The molecule has 0 radical (unpaired) electrons. The second-order valence-electron chi connectivity index (χ2n) is 7.22. The summed E-state index contributed by atoms with van der Waals surface area (Å²) in [6.07, 6.45) is 19.8. The van der Waals surface area contributed by atoms with Crippen molar-refractivity contribution in [3.05, 3.63) is 35.9 Å². The Bertz CT molecular complexity index is 340. The quantitative estimate of drug-likeness (QED) is 0.286. The highest BCUT2D eigenvalue weighted by molar-refractivity contribution is 5.19. The highest BCUT2D eigenvalue weighted by atomic mass is 14.2. The Morgan fingerprint density at radius 1 is 0.565 bits per heavy atom. The summed E-state index contributed by atoms with van der Waals surface area (Å²) < 4.78 is 0. The molecular formula is C23H40. The first kappa shape index (κ1) is 20.3. The average molecular weight is 317 g/mol. The van der Waals surface area contributed by atoms with Crippen LogP contribution in [0.2, 0.25) is 0 Å². The molecule has 0 N–H and O–H groups in total. The molecule has 0 heterocycles. The van der Waals surface area contributed by atoms with E-state index in [0.717, 1.165) is 5.92 Å². The van der Waals surface area contributed by atoms with Gasteiger partial charge in [0.25, 0.3) is 0 Å². The second kappa shape index (κ2) is 14.8. The van der Waals surface area contributed by atoms with Crippen LogP contribution in [0, 0.1) is 0 Å². The Labute approximate surface area is 146 Å². The molecule has 1 aromatic carbocycles. The van der Waals surface area contributed by atoms with Crippen LogP contribution in [0.25, 0.3) is 0 Å². The lowest BCUT2D eigenvalue weighted by atomic mass is 9.88. The summed E-state index contributed by atoms with van der Waals surface area (Å²) in [7, 11) is 0. The lowest BCUT2D eigenvalue weighted by Gasteiger charge is -2.17. The first-order valence-electron chi connectivity index (χ1n) is 10.4. The lowest BCUT2D eigenvalue weighted by molar-refractivity contribution is 0.489. The van der Waals surface area contributed by atoms with E-state index in [1.54, 1.807) is 5.56 Å². The molecule has 0 aliphatic rings. The summed E-state index contributed by atoms with van der Waals surface area (Å²) in [6.45, 7) is 4.60. The predicted molar refractivity (Wildman–Crippen MR) is 105 cm³/mol. The molecule has 0 aromatic heterocycles. The largest absolute Gasteiger partial charge is 0.0654 e. The van der Waals surface area contributed by atoms with Gasteiger partial charge in [0.2, 0.25) is 0 Å². The molecule has 0 aliphatic carbocycles. The Hall–Kier alpha value is -0.780. The Kier molecular flexibility index (Phi) is 13.0. The van der Waals surface area contributed by atoms with Crippen molar-refractivity contribution in [3.63, 3.8) is 0 Å². The van der Waals surface area contributed by atoms with Crippen molar-refractivity contribution in [2.75, 3.05) is 0 Å². The van der Waals surface area contributed by atoms with E-state index in [-0.39, 0.29) is 0 Å². The molecule has 0 saturated heterocycles. The highest BCUT2D eigenvalue weighted by Crippen LogP contribution is 2.28. The van der Waals surface area contributed by atoms with Gasteiger partial charge in [0.05, 0.1) is 0 Å². The van der Waals surface area contributed by atoms with E-state index in [9.17, 15) is 0 Å². The molecule has 0 aliphatic heterocycles. The van der Waals surface area contributed by atoms with Gasteiger partial charge in [-0.2, -0.15) is 0 Å². The standard InChI is InChI=1S/C23H40/c1-3-5-7-9-10-11-12-15-19-22(18-14-8-6-4-2)23-20-16-13-17-21-23/h13,16-17,20-22H,3-12,14-15,18-19H2,1-2H3. The summed E-state index contributed by atoms with van der Waals surface area (Å²) >= 11 is 0. The molecule has 0 heteroatoms. The third-order valence-corrected chi connectivity index (χ3v) is 5.08. The van der Waals surface area contributed by atoms with Gasteiger partial charge < -0.3 is 0 Å². The van der Waals surface area contributed by atoms with Crippen LogP contribution in [0.1, 0.15) is 115 Å². The maximum atomic E-state index is 2.34. The molecule has 0 fully saturated rings. The zero-order valence-electron chi connectivity index (χ0n) is 15.9. The summed E-state index contributed by atoms with van der Waals surface area (Å²) in [4.78, 5) is 0. The van der Waals surface area contributed by atoms with Gasteiger partial charge in [-0.3, -0.25) is 0 Å². The fourth-order valence-corrected chi connectivity index (χ4v) is 3.55. The van der Waals surface area contributed by atoms with E-state index in [1.807, 2.05) is 0 Å². The summed E-state index contributed by atoms with van der Waals surface area (Å²) in [5, 5.41) is 0. The Morgan fingerprint density at radius 3 is 1.52 bits per heavy atom. The van der Waals surface area contributed by atoms with Gasteiger partial charge in [0.15, 0.2) is 0 Å². The van der Waals surface area contributed by atoms with Crippen LogP contribution in [0.4, 0.5) is 0 Å². The number of unbranched alkanes of at least 4 members (excludes halogenated alkanes) is 10. The van der Waals surface area contributed by atoms with Gasteiger partial charge in [0, 0.05) is 0 Å². The SMILES string of the molecule is CCCCCCCCCCC(CCCCCC)c1ccccc1. The summed E-state index contributed by atoms with van der Waals surface area (Å²) in [5.41, 5.74) is 1.58. The smallest absolute Gasteiger partial charge is 0.0162 e. The van der Waals surface area contributed by atoms with Crippen molar-refractivity contribution in [2.24, 2.45) is 0 Å². The zero-order valence-corrected chi connectivity index (χ0v) is 15.9. The molecular weight excluding hydrogens is 276 g/mol. The summed E-state index contributed by atoms with van der Waals surface area (Å²) in [5.74, 6) is 0.799. The van der Waals surface area contributed by atoms with E-state index in [1.165, 1.54) is 89.9 Å². The van der Waals surface area contributed by atoms with Gasteiger partial charge in [-0.15, -0.1) is 0 Å². The number of hydrogen-bond donors (Lipinski definition) is 0. The van der Waals surface area contributed by atoms with E-state index in [0.29, 0.717) is 0 Å². The van der Waals surface area contributed by atoms with E-state index < -0.39 is 0 Å². The zero-order chi connectivity index (χ0) is 16.6. The molecule has 0 amide bonds. The maximum Gasteiger partial charge on any atom is -0.0162 e. The Balaban J connectivity index is 2.21. The van der Waals surface area contributed by atoms with Gasteiger partial charge in [-0.25, -0.2) is 0 Å². The van der Waals surface area contributed by atoms with E-state index in [2.05, 4.69) is 44.2 Å². The van der Waals surface area contributed by atoms with Crippen molar-refractivity contribution in [2.45, 2.75) is 110 Å². The van der Waals surface area contributed by atoms with Crippen LogP contribution in [-0.4, -0.2) is 0 Å². The molecule has 23 heavy (non-hydrogen) atoms. The van der Waals surface area contributed by atoms with Crippen molar-refractivity contribution in [1.29, 1.82) is 0 Å². The van der Waals surface area contributed by atoms with Crippen LogP contribution in [0.5, 0.6) is 0 Å². The minimum Gasteiger partial charge on any atom is -0.0654 e. The monoisotopic (exact) mass is 316 g/mol. The van der Waals surface area contributed by atoms with Crippen LogP contribution < -0.4 is 0 Å². The first-order chi connectivity index (χ1) is 11.4. The van der Waals surface area contributed by atoms with Crippen molar-refractivity contribution >= 4 is 0 Å². The van der Waals surface area contributed by atoms with Gasteiger partial charge >= 0.3 is 0 Å². The molecule has 0 bridgehead atoms. The average Bonchev–Trinajstić information content (AvgIpc) is 2.60. The van der Waals surface area contributed by atoms with E-state index in [4.69, 9.17) is 0 Å². The summed E-state index contributed by atoms with van der Waals surface area (Å²) in [6, 6.07) is 11.3. The topological polar surface area (TPSA) is 0 Å². The highest BCUT2D eigenvalue weighted by Gasteiger charge is 2.10. The Morgan fingerprint density at radius 2 is 1.00 bits per heavy atom. The molecule has 1 atom stereocenters. The minimum atomic E-state index is 0.799. The fraction of sp³-hybridized carbons (Fsp3) is 0.739. The second-order valence-corrected chi connectivity index (χ2v) is 7.22. The van der Waals surface area contributed by atoms with Gasteiger partial charge in [-0.05, 0) is 24.3 Å². The van der Waals surface area contributed by atoms with Crippen molar-refractivity contribution in [1.82, 2.24) is 0 Å². The molecule has 0 spiro atoms. The molecule has 132 valence electrons. The third kappa shape index (κ3) is 10.6. The normalized spacial score (nSPS) is 12.4. The lowest BCUT2D eigenvalue weighted by Crippen LogP contribution is -1.99. The van der Waals surface area contributed by atoms with Crippen LogP contribution in [0.3, 0.4) is 0 Å². The first-order valence-corrected chi connectivity index (χ1v) is 10.4. The van der Waals surface area contributed by atoms with Gasteiger partial charge in [-0.1, -0.05) is 121 Å². The van der Waals surface area contributed by atoms with Crippen molar-refractivity contribution in [3.8, 4) is 0 Å². The number of hydrogen-bond acceptors (Lipinski definition) is 0. The molecule has 1 unspecified atom stereocenters. The number of rotatable bonds is 15. The van der Waals surface area contributed by atoms with Gasteiger partial charge in [0.1, 0.15) is 0 Å². The van der Waals surface area contributed by atoms with Crippen LogP contribution >= 0.6 is 0 Å². The maximum absolute atomic E-state index is 2.34. The van der Waals surface area contributed by atoms with Crippen LogP contribution in [0.15, 0.2) is 30.3 Å². The predicted octanol–water partition coefficient (Wildman–Crippen LogP) is 8.27. The van der Waals surface area contributed by atoms with Crippen molar-refractivity contribution < 1.29 is 0 Å². The van der Waals surface area contributed by atoms with E-state index >= 15 is 0 Å². The molecule has 0 saturated carbocycles. The minimum absolute atomic E-state index is 0.799. The molecule has 0 nitrogen and oxygen atoms in total. The third-order valence-electron chi connectivity index (χ3n) is 5.08.